The molecule has 1 aromatic rings. The number of nitrogens with two attached hydrogens (primary N) is 1. The lowest BCUT2D eigenvalue weighted by Gasteiger charge is -2.26. The predicted octanol–water partition coefficient (Wildman–Crippen LogP) is 1.36. The van der Waals surface area contributed by atoms with Crippen LogP contribution in [0.2, 0.25) is 5.02 Å². The van der Waals surface area contributed by atoms with Crippen LogP contribution in [0.15, 0.2) is 23.3 Å². The lowest BCUT2D eigenvalue weighted by atomic mass is 10.3. The van der Waals surface area contributed by atoms with Gasteiger partial charge in [-0.3, -0.25) is 9.89 Å². The Balaban J connectivity index is 0.00000288. The third kappa shape index (κ3) is 8.32. The van der Waals surface area contributed by atoms with Crippen molar-refractivity contribution >= 4 is 41.5 Å². The Morgan fingerprint density at radius 1 is 1.46 bits per heavy atom. The Morgan fingerprint density at radius 2 is 2.25 bits per heavy atom. The summed E-state index contributed by atoms with van der Waals surface area (Å²) in [5, 5.41) is 3.51. The molecule has 0 bridgehead atoms. The number of guanidine groups is 1. The van der Waals surface area contributed by atoms with Crippen LogP contribution in [0, 0.1) is 0 Å². The molecule has 0 radical (unpaired) electrons. The highest BCUT2D eigenvalue weighted by atomic mass is 127. The number of morpholine rings is 1. The fraction of sp³-hybridized carbons (Fsp3) is 0.600. The van der Waals surface area contributed by atoms with Gasteiger partial charge in [0.15, 0.2) is 5.96 Å². The fourth-order valence-corrected chi connectivity index (χ4v) is 2.35. The molecule has 3 N–H and O–H groups in total. The van der Waals surface area contributed by atoms with Gasteiger partial charge in [-0.1, -0.05) is 11.6 Å². The number of ether oxygens (including phenoxy) is 2. The van der Waals surface area contributed by atoms with Gasteiger partial charge in [0.2, 0.25) is 5.88 Å². The topological polar surface area (TPSA) is 85.0 Å². The second-order valence-electron chi connectivity index (χ2n) is 5.14. The van der Waals surface area contributed by atoms with Crippen molar-refractivity contribution in [3.05, 3.63) is 23.4 Å². The number of halogens is 2. The molecule has 0 saturated carbocycles. The highest BCUT2D eigenvalue weighted by molar-refractivity contribution is 14.0. The maximum atomic E-state index is 5.95. The maximum absolute atomic E-state index is 5.95. The maximum Gasteiger partial charge on any atom is 0.232 e. The summed E-state index contributed by atoms with van der Waals surface area (Å²) in [6.07, 6.45) is 2.63. The van der Waals surface area contributed by atoms with Crippen LogP contribution in [0.1, 0.15) is 6.42 Å². The molecule has 0 aromatic carbocycles. The van der Waals surface area contributed by atoms with Gasteiger partial charge in [0.25, 0.3) is 0 Å². The van der Waals surface area contributed by atoms with Gasteiger partial charge in [-0.15, -0.1) is 24.0 Å². The van der Waals surface area contributed by atoms with Crippen LogP contribution in [0.3, 0.4) is 0 Å². The van der Waals surface area contributed by atoms with E-state index in [1.807, 2.05) is 0 Å². The molecule has 2 rings (SSSR count). The highest BCUT2D eigenvalue weighted by Crippen LogP contribution is 2.19. The molecule has 0 atom stereocenters. The van der Waals surface area contributed by atoms with Crippen LogP contribution in [-0.2, 0) is 4.74 Å². The van der Waals surface area contributed by atoms with E-state index in [1.54, 1.807) is 18.3 Å². The van der Waals surface area contributed by atoms with Gasteiger partial charge in [-0.05, 0) is 18.6 Å². The first-order valence-corrected chi connectivity index (χ1v) is 8.20. The summed E-state index contributed by atoms with van der Waals surface area (Å²) in [7, 11) is 0. The summed E-state index contributed by atoms with van der Waals surface area (Å²) >= 11 is 5.95. The molecule has 7 nitrogen and oxygen atoms in total. The van der Waals surface area contributed by atoms with Crippen LogP contribution in [-0.4, -0.2) is 68.4 Å². The number of rotatable bonds is 8. The average molecular weight is 470 g/mol. The molecule has 1 aliphatic heterocycles. The monoisotopic (exact) mass is 469 g/mol. The van der Waals surface area contributed by atoms with Gasteiger partial charge in [0.05, 0.1) is 19.8 Å². The molecule has 9 heteroatoms. The number of pyridine rings is 1. The lowest BCUT2D eigenvalue weighted by molar-refractivity contribution is 0.0377. The van der Waals surface area contributed by atoms with Gasteiger partial charge in [0.1, 0.15) is 11.6 Å². The minimum atomic E-state index is 0. The summed E-state index contributed by atoms with van der Waals surface area (Å²) in [6.45, 7) is 6.37. The van der Waals surface area contributed by atoms with Crippen molar-refractivity contribution in [2.24, 2.45) is 10.7 Å². The van der Waals surface area contributed by atoms with Crippen molar-refractivity contribution in [3.63, 3.8) is 0 Å². The summed E-state index contributed by atoms with van der Waals surface area (Å²) in [6, 6.07) is 3.50. The van der Waals surface area contributed by atoms with E-state index in [0.717, 1.165) is 39.3 Å². The van der Waals surface area contributed by atoms with E-state index in [1.165, 1.54) is 0 Å². The van der Waals surface area contributed by atoms with Gasteiger partial charge in [-0.2, -0.15) is 0 Å². The average Bonchev–Trinajstić information content (AvgIpc) is 2.58. The SMILES string of the molecule is I.NC(=NCCCN1CCOCC1)NCCOc1ncccc1Cl. The van der Waals surface area contributed by atoms with Gasteiger partial charge in [0, 0.05) is 32.4 Å². The van der Waals surface area contributed by atoms with Crippen LogP contribution in [0.25, 0.3) is 0 Å². The van der Waals surface area contributed by atoms with Crippen LogP contribution in [0.5, 0.6) is 5.88 Å². The summed E-state index contributed by atoms with van der Waals surface area (Å²) in [5.41, 5.74) is 5.81. The fourth-order valence-electron chi connectivity index (χ4n) is 2.18. The van der Waals surface area contributed by atoms with Crippen molar-refractivity contribution in [1.29, 1.82) is 0 Å². The van der Waals surface area contributed by atoms with Crippen molar-refractivity contribution in [1.82, 2.24) is 15.2 Å². The van der Waals surface area contributed by atoms with E-state index in [0.29, 0.717) is 36.6 Å². The van der Waals surface area contributed by atoms with E-state index in [9.17, 15) is 0 Å². The molecule has 2 heterocycles. The highest BCUT2D eigenvalue weighted by Gasteiger charge is 2.08. The molecule has 0 amide bonds. The molecule has 0 unspecified atom stereocenters. The minimum Gasteiger partial charge on any atom is -0.475 e. The zero-order valence-corrected chi connectivity index (χ0v) is 16.7. The molecule has 24 heavy (non-hydrogen) atoms. The lowest BCUT2D eigenvalue weighted by Crippen LogP contribution is -2.37. The molecule has 0 spiro atoms. The number of nitrogens with one attached hydrogen (secondary N) is 1. The van der Waals surface area contributed by atoms with Crippen molar-refractivity contribution in [2.75, 3.05) is 52.5 Å². The molecule has 0 aliphatic carbocycles. The number of aromatic nitrogens is 1. The summed E-state index contributed by atoms with van der Waals surface area (Å²) in [5.74, 6) is 0.861. The smallest absolute Gasteiger partial charge is 0.232 e. The van der Waals surface area contributed by atoms with Gasteiger partial charge >= 0.3 is 0 Å². The van der Waals surface area contributed by atoms with E-state index in [4.69, 9.17) is 26.8 Å². The zero-order chi connectivity index (χ0) is 16.3. The minimum absolute atomic E-state index is 0. The predicted molar refractivity (Wildman–Crippen MR) is 107 cm³/mol. The largest absolute Gasteiger partial charge is 0.475 e. The second kappa shape index (κ2) is 12.5. The molecular formula is C15H25ClIN5O2. The Kier molecular flexibility index (Phi) is 11.1. The second-order valence-corrected chi connectivity index (χ2v) is 5.55. The normalized spacial score (nSPS) is 15.6. The summed E-state index contributed by atoms with van der Waals surface area (Å²) < 4.78 is 10.8. The van der Waals surface area contributed by atoms with E-state index in [2.05, 4.69) is 20.2 Å². The van der Waals surface area contributed by atoms with E-state index in [-0.39, 0.29) is 24.0 Å². The quantitative estimate of drug-likeness (QED) is 0.259. The number of hydrogen-bond donors (Lipinski definition) is 2. The van der Waals surface area contributed by atoms with Gasteiger partial charge in [-0.25, -0.2) is 4.98 Å². The molecule has 1 saturated heterocycles. The molecule has 1 aliphatic rings. The number of aliphatic imine (C=N–C) groups is 1. The third-order valence-electron chi connectivity index (χ3n) is 3.39. The third-order valence-corrected chi connectivity index (χ3v) is 3.68. The van der Waals surface area contributed by atoms with E-state index >= 15 is 0 Å². The van der Waals surface area contributed by atoms with Crippen molar-refractivity contribution < 1.29 is 9.47 Å². The molecule has 136 valence electrons. The first-order valence-electron chi connectivity index (χ1n) is 7.83. The number of nitrogens with zero attached hydrogens (tertiary/aromatic N) is 3. The van der Waals surface area contributed by atoms with Crippen LogP contribution in [0.4, 0.5) is 0 Å². The van der Waals surface area contributed by atoms with Crippen molar-refractivity contribution in [2.45, 2.75) is 6.42 Å². The zero-order valence-electron chi connectivity index (χ0n) is 13.6. The molecular weight excluding hydrogens is 445 g/mol. The number of hydrogen-bond acceptors (Lipinski definition) is 5. The Bertz CT molecular complexity index is 501. The standard InChI is InChI=1S/C15H24ClN5O2.HI/c16-13-3-1-4-18-14(13)23-10-6-20-15(17)19-5-2-7-21-8-11-22-12-9-21;/h1,3-4H,2,5-12H2,(H3,17,19,20);1H. The first kappa shape index (κ1) is 21.2. The first-order chi connectivity index (χ1) is 11.3. The van der Waals surface area contributed by atoms with Crippen LogP contribution < -0.4 is 15.8 Å². The van der Waals surface area contributed by atoms with Gasteiger partial charge < -0.3 is 20.5 Å². The van der Waals surface area contributed by atoms with E-state index < -0.39 is 0 Å². The Morgan fingerprint density at radius 3 is 3.00 bits per heavy atom. The summed E-state index contributed by atoms with van der Waals surface area (Å²) in [4.78, 5) is 10.7. The van der Waals surface area contributed by atoms with Crippen molar-refractivity contribution in [3.8, 4) is 5.88 Å². The Hall–Kier alpha value is -0.840. The van der Waals surface area contributed by atoms with Crippen LogP contribution >= 0.6 is 35.6 Å². The molecule has 1 aromatic heterocycles. The Labute approximate surface area is 165 Å². The molecule has 1 fully saturated rings.